The van der Waals surface area contributed by atoms with E-state index in [1.54, 1.807) is 12.1 Å². The molecule has 0 aromatic carbocycles. The Morgan fingerprint density at radius 2 is 2.19 bits per heavy atom. The van der Waals surface area contributed by atoms with Gasteiger partial charge in [0, 0.05) is 6.54 Å². The summed E-state index contributed by atoms with van der Waals surface area (Å²) in [5, 5.41) is 0. The van der Waals surface area contributed by atoms with Gasteiger partial charge < -0.3 is 0 Å². The molecule has 16 heavy (non-hydrogen) atoms. The van der Waals surface area contributed by atoms with Gasteiger partial charge in [0.25, 0.3) is 0 Å². The van der Waals surface area contributed by atoms with E-state index in [-0.39, 0.29) is 0 Å². The molecule has 2 rings (SSSR count). The molecular weight excluding hydrogens is 310 g/mol. The highest BCUT2D eigenvalue weighted by molar-refractivity contribution is 9.11. The normalized spacial score (nSPS) is 16.6. The summed E-state index contributed by atoms with van der Waals surface area (Å²) >= 11 is 4.50. The van der Waals surface area contributed by atoms with Crippen LogP contribution in [0.3, 0.4) is 0 Å². The molecular formula is C10H14BrNO2S2. The van der Waals surface area contributed by atoms with E-state index in [4.69, 9.17) is 0 Å². The first-order chi connectivity index (χ1) is 7.58. The third-order valence-corrected chi connectivity index (χ3v) is 6.17. The van der Waals surface area contributed by atoms with Gasteiger partial charge in [0.1, 0.15) is 4.21 Å². The van der Waals surface area contributed by atoms with Crippen LogP contribution >= 0.6 is 27.3 Å². The van der Waals surface area contributed by atoms with Crippen LogP contribution in [0, 0.1) is 5.92 Å². The lowest BCUT2D eigenvalue weighted by Crippen LogP contribution is -2.24. The van der Waals surface area contributed by atoms with E-state index in [9.17, 15) is 8.42 Å². The molecule has 0 saturated heterocycles. The van der Waals surface area contributed by atoms with E-state index in [0.717, 1.165) is 22.5 Å². The van der Waals surface area contributed by atoms with E-state index < -0.39 is 10.0 Å². The van der Waals surface area contributed by atoms with Crippen molar-refractivity contribution in [1.82, 2.24) is 4.72 Å². The molecule has 0 aliphatic heterocycles. The maximum Gasteiger partial charge on any atom is 0.250 e. The summed E-state index contributed by atoms with van der Waals surface area (Å²) in [5.74, 6) is 0.861. The number of rotatable bonds is 6. The lowest BCUT2D eigenvalue weighted by Gasteiger charge is -2.03. The van der Waals surface area contributed by atoms with Crippen molar-refractivity contribution in [1.29, 1.82) is 0 Å². The summed E-state index contributed by atoms with van der Waals surface area (Å²) < 4.78 is 27.4. The fourth-order valence-electron chi connectivity index (χ4n) is 1.52. The van der Waals surface area contributed by atoms with Gasteiger partial charge in [-0.25, -0.2) is 13.1 Å². The van der Waals surface area contributed by atoms with Crippen molar-refractivity contribution in [2.24, 2.45) is 5.92 Å². The van der Waals surface area contributed by atoms with Gasteiger partial charge in [0.15, 0.2) is 0 Å². The SMILES string of the molecule is O=S(=O)(NCCCC1CC1)c1ccc(Br)s1. The maximum atomic E-state index is 11.8. The lowest BCUT2D eigenvalue weighted by atomic mass is 10.2. The Morgan fingerprint density at radius 3 is 2.75 bits per heavy atom. The second kappa shape index (κ2) is 5.16. The minimum absolute atomic E-state index is 0.380. The molecule has 1 N–H and O–H groups in total. The van der Waals surface area contributed by atoms with Crippen LogP contribution in [-0.2, 0) is 10.0 Å². The summed E-state index contributed by atoms with van der Waals surface area (Å²) in [7, 11) is -3.28. The Kier molecular flexibility index (Phi) is 4.05. The monoisotopic (exact) mass is 323 g/mol. The zero-order valence-corrected chi connectivity index (χ0v) is 12.0. The van der Waals surface area contributed by atoms with Gasteiger partial charge in [0.2, 0.25) is 10.0 Å². The second-order valence-corrected chi connectivity index (χ2v) is 8.50. The predicted molar refractivity (Wildman–Crippen MR) is 69.2 cm³/mol. The summed E-state index contributed by atoms with van der Waals surface area (Å²) in [6.45, 7) is 0.550. The molecule has 1 aliphatic carbocycles. The van der Waals surface area contributed by atoms with Crippen LogP contribution < -0.4 is 4.72 Å². The first kappa shape index (κ1) is 12.5. The highest BCUT2D eigenvalue weighted by Gasteiger charge is 2.21. The van der Waals surface area contributed by atoms with E-state index in [1.165, 1.54) is 24.2 Å². The van der Waals surface area contributed by atoms with Gasteiger partial charge in [-0.2, -0.15) is 0 Å². The van der Waals surface area contributed by atoms with E-state index in [1.807, 2.05) is 0 Å². The molecule has 1 heterocycles. The molecule has 0 amide bonds. The Morgan fingerprint density at radius 1 is 1.44 bits per heavy atom. The van der Waals surface area contributed by atoms with Crippen LogP contribution in [0.1, 0.15) is 25.7 Å². The summed E-state index contributed by atoms with van der Waals surface area (Å²) in [5.41, 5.74) is 0. The third kappa shape index (κ3) is 3.55. The molecule has 0 radical (unpaired) electrons. The number of sulfonamides is 1. The molecule has 0 unspecified atom stereocenters. The van der Waals surface area contributed by atoms with E-state index >= 15 is 0 Å². The topological polar surface area (TPSA) is 46.2 Å². The molecule has 1 saturated carbocycles. The molecule has 90 valence electrons. The van der Waals surface area contributed by atoms with Crippen molar-refractivity contribution in [3.8, 4) is 0 Å². The summed E-state index contributed by atoms with van der Waals surface area (Å²) in [4.78, 5) is 0. The van der Waals surface area contributed by atoms with Crippen LogP contribution in [0.4, 0.5) is 0 Å². The van der Waals surface area contributed by atoms with Crippen LogP contribution in [-0.4, -0.2) is 15.0 Å². The molecule has 0 bridgehead atoms. The summed E-state index contributed by atoms with van der Waals surface area (Å²) in [6, 6.07) is 3.38. The number of nitrogens with one attached hydrogen (secondary N) is 1. The Hall–Kier alpha value is 0.0900. The van der Waals surface area contributed by atoms with Crippen molar-refractivity contribution in [3.05, 3.63) is 15.9 Å². The van der Waals surface area contributed by atoms with Crippen molar-refractivity contribution >= 4 is 37.3 Å². The standard InChI is InChI=1S/C10H14BrNO2S2/c11-9-5-6-10(15-9)16(13,14)12-7-1-2-8-3-4-8/h5-6,8,12H,1-4,7H2. The highest BCUT2D eigenvalue weighted by Crippen LogP contribution is 2.33. The molecule has 1 aromatic rings. The Labute approximate surface area is 108 Å². The zero-order valence-electron chi connectivity index (χ0n) is 8.78. The first-order valence-corrected chi connectivity index (χ1v) is 8.42. The molecule has 3 nitrogen and oxygen atoms in total. The molecule has 1 fully saturated rings. The van der Waals surface area contributed by atoms with Crippen LogP contribution in [0.25, 0.3) is 0 Å². The van der Waals surface area contributed by atoms with E-state index in [2.05, 4.69) is 20.7 Å². The van der Waals surface area contributed by atoms with E-state index in [0.29, 0.717) is 10.8 Å². The van der Waals surface area contributed by atoms with Crippen molar-refractivity contribution in [2.75, 3.05) is 6.54 Å². The minimum Gasteiger partial charge on any atom is -0.210 e. The molecule has 0 spiro atoms. The van der Waals surface area contributed by atoms with Crippen molar-refractivity contribution in [3.63, 3.8) is 0 Å². The Balaban J connectivity index is 1.82. The fourth-order valence-corrected chi connectivity index (χ4v) is 4.65. The maximum absolute atomic E-state index is 11.8. The van der Waals surface area contributed by atoms with Gasteiger partial charge in [-0.1, -0.05) is 12.8 Å². The van der Waals surface area contributed by atoms with Crippen LogP contribution in [0.5, 0.6) is 0 Å². The predicted octanol–water partition coefficient (Wildman–Crippen LogP) is 2.98. The number of hydrogen-bond acceptors (Lipinski definition) is 3. The fraction of sp³-hybridized carbons (Fsp3) is 0.600. The van der Waals surface area contributed by atoms with Crippen LogP contribution in [0.15, 0.2) is 20.1 Å². The number of halogens is 1. The van der Waals surface area contributed by atoms with Crippen molar-refractivity contribution < 1.29 is 8.42 Å². The van der Waals surface area contributed by atoms with Gasteiger partial charge in [-0.15, -0.1) is 11.3 Å². The second-order valence-electron chi connectivity index (χ2n) is 4.04. The number of hydrogen-bond donors (Lipinski definition) is 1. The smallest absolute Gasteiger partial charge is 0.210 e. The molecule has 0 atom stereocenters. The van der Waals surface area contributed by atoms with Crippen LogP contribution in [0.2, 0.25) is 0 Å². The quantitative estimate of drug-likeness (QED) is 0.818. The van der Waals surface area contributed by atoms with Gasteiger partial charge in [-0.3, -0.25) is 0 Å². The molecule has 6 heteroatoms. The van der Waals surface area contributed by atoms with Gasteiger partial charge >= 0.3 is 0 Å². The number of thiophene rings is 1. The van der Waals surface area contributed by atoms with Crippen molar-refractivity contribution in [2.45, 2.75) is 29.9 Å². The largest absolute Gasteiger partial charge is 0.250 e. The third-order valence-electron chi connectivity index (χ3n) is 2.59. The zero-order chi connectivity index (χ0) is 11.6. The summed E-state index contributed by atoms with van der Waals surface area (Å²) in [6.07, 6.45) is 4.74. The lowest BCUT2D eigenvalue weighted by molar-refractivity contribution is 0.574. The highest BCUT2D eigenvalue weighted by atomic mass is 79.9. The average Bonchev–Trinajstić information content (AvgIpc) is 2.94. The van der Waals surface area contributed by atoms with Gasteiger partial charge in [-0.05, 0) is 46.8 Å². The first-order valence-electron chi connectivity index (χ1n) is 5.33. The van der Waals surface area contributed by atoms with Gasteiger partial charge in [0.05, 0.1) is 3.79 Å². The minimum atomic E-state index is -3.28. The average molecular weight is 324 g/mol. The molecule has 1 aromatic heterocycles. The molecule has 1 aliphatic rings. The Bertz CT molecular complexity index is 451.